The molecule has 0 aliphatic carbocycles. The Balaban J connectivity index is 0. The van der Waals surface area contributed by atoms with E-state index in [2.05, 4.69) is 0 Å². The second-order valence-electron chi connectivity index (χ2n) is 4.95. The van der Waals surface area contributed by atoms with Crippen molar-refractivity contribution in [1.82, 2.24) is 0 Å². The molecule has 0 rings (SSSR count). The fraction of sp³-hybridized carbons (Fsp3) is 0.714. The van der Waals surface area contributed by atoms with Gasteiger partial charge in [0.15, 0.2) is 0 Å². The minimum atomic E-state index is -3.69. The molecule has 0 aromatic carbocycles. The maximum atomic E-state index is 10.9. The molecule has 0 aliphatic rings. The van der Waals surface area contributed by atoms with Gasteiger partial charge in [-0.3, -0.25) is 4.79 Å². The van der Waals surface area contributed by atoms with Crippen LogP contribution in [-0.4, -0.2) is 60.1 Å². The second-order valence-corrected chi connectivity index (χ2v) is 6.52. The van der Waals surface area contributed by atoms with E-state index in [1.54, 1.807) is 13.0 Å². The van der Waals surface area contributed by atoms with Gasteiger partial charge >= 0.3 is 70.0 Å². The average Bonchev–Trinajstić information content (AvgIpc) is 2.45. The summed E-state index contributed by atoms with van der Waals surface area (Å²) in [5.74, 6) is -2.08. The van der Waals surface area contributed by atoms with Crippen molar-refractivity contribution in [2.45, 2.75) is 44.6 Å². The number of unbranched alkanes of at least 4 members (excludes halogenated alkanes) is 1. The van der Waals surface area contributed by atoms with Crippen molar-refractivity contribution in [3.8, 4) is 0 Å². The van der Waals surface area contributed by atoms with Crippen LogP contribution in [0.2, 0.25) is 5.09 Å². The molecule has 0 saturated heterocycles. The number of carboxylic acids is 1. The molecule has 0 spiro atoms. The van der Waals surface area contributed by atoms with Crippen molar-refractivity contribution in [2.75, 3.05) is 12.4 Å². The van der Waals surface area contributed by atoms with Gasteiger partial charge < -0.3 is 9.84 Å². The number of carbonyl (C=O) groups is 2. The Morgan fingerprint density at radius 3 is 2.26 bits per heavy atom. The zero-order chi connectivity index (χ0) is 18.3. The summed E-state index contributed by atoms with van der Waals surface area (Å²) in [6.45, 7) is 3.65. The molecule has 130 valence electrons. The van der Waals surface area contributed by atoms with Crippen LogP contribution in [0.4, 0.5) is 0 Å². The van der Waals surface area contributed by atoms with Gasteiger partial charge in [-0.25, -0.2) is 4.79 Å². The summed E-state index contributed by atoms with van der Waals surface area (Å²) >= 11 is 1.87. The molecule has 0 heterocycles. The number of aliphatic carboxylic acids is 1. The number of carbonyl (C=O) groups excluding carboxylic acids is 1. The van der Waals surface area contributed by atoms with Crippen LogP contribution in [0, 0.1) is 5.92 Å². The summed E-state index contributed by atoms with van der Waals surface area (Å²) in [6.07, 6.45) is 5.70. The monoisotopic (exact) mass is 344 g/mol. The number of allylic oxidation sites excluding steroid dienone is 1. The van der Waals surface area contributed by atoms with E-state index in [9.17, 15) is 18.0 Å². The van der Waals surface area contributed by atoms with E-state index >= 15 is 0 Å². The SMILES string of the molecule is CC=CC(=O)OCC(CCCC)C(=O)O.[Li][CH2]CCS(=O)(=O)O. The zero-order valence-electron chi connectivity index (χ0n) is 14.0. The molecular weight excluding hydrogens is 319 g/mol. The normalized spacial score (nSPS) is 12.4. The number of rotatable bonds is 10. The maximum absolute atomic E-state index is 10.9. The number of hydrogen-bond donors (Lipinski definition) is 2. The Labute approximate surface area is 147 Å². The van der Waals surface area contributed by atoms with Crippen LogP contribution in [0.5, 0.6) is 0 Å². The number of hydrogen-bond acceptors (Lipinski definition) is 5. The molecule has 0 aliphatic heterocycles. The Morgan fingerprint density at radius 2 is 1.91 bits per heavy atom. The fourth-order valence-electron chi connectivity index (χ4n) is 1.42. The van der Waals surface area contributed by atoms with Crippen LogP contribution in [0.15, 0.2) is 12.2 Å². The summed E-state index contributed by atoms with van der Waals surface area (Å²) in [5, 5.41) is 9.62. The van der Waals surface area contributed by atoms with E-state index in [0.29, 0.717) is 12.8 Å². The first-order valence-corrected chi connectivity index (χ1v) is 9.26. The molecule has 0 radical (unpaired) electrons. The van der Waals surface area contributed by atoms with Crippen molar-refractivity contribution in [3.05, 3.63) is 12.2 Å². The molecule has 0 saturated carbocycles. The molecule has 0 aromatic rings. The predicted molar refractivity (Wildman–Crippen MR) is 88.0 cm³/mol. The second kappa shape index (κ2) is 14.8. The third kappa shape index (κ3) is 19.1. The van der Waals surface area contributed by atoms with Crippen LogP contribution >= 0.6 is 0 Å². The Kier molecular flexibility index (Phi) is 15.7. The Hall–Kier alpha value is -0.813. The van der Waals surface area contributed by atoms with E-state index < -0.39 is 28.0 Å². The molecule has 0 bridgehead atoms. The summed E-state index contributed by atoms with van der Waals surface area (Å²) < 4.78 is 32.8. The van der Waals surface area contributed by atoms with Gasteiger partial charge in [0, 0.05) is 6.08 Å². The van der Waals surface area contributed by atoms with Gasteiger partial charge in [-0.2, -0.15) is 0 Å². The number of esters is 1. The number of ether oxygens (including phenoxy) is 1. The van der Waals surface area contributed by atoms with Crippen LogP contribution in [0.3, 0.4) is 0 Å². The van der Waals surface area contributed by atoms with E-state index in [4.69, 9.17) is 14.4 Å². The van der Waals surface area contributed by atoms with Crippen molar-refractivity contribution in [1.29, 1.82) is 0 Å². The van der Waals surface area contributed by atoms with Gasteiger partial charge in [-0.15, -0.1) is 0 Å². The van der Waals surface area contributed by atoms with Crippen LogP contribution in [0.25, 0.3) is 0 Å². The molecule has 2 N–H and O–H groups in total. The van der Waals surface area contributed by atoms with Gasteiger partial charge in [0.2, 0.25) is 0 Å². The summed E-state index contributed by atoms with van der Waals surface area (Å²) in [6, 6.07) is 0. The number of carboxylic acid groups (broad SMARTS) is 1. The molecule has 0 amide bonds. The average molecular weight is 344 g/mol. The molecule has 9 heteroatoms. The molecule has 7 nitrogen and oxygen atoms in total. The Morgan fingerprint density at radius 1 is 1.30 bits per heavy atom. The van der Waals surface area contributed by atoms with E-state index in [1.165, 1.54) is 6.08 Å². The standard InChI is InChI=1S/C11H18O4.C3H7O3S.Li/c1-3-5-7-9(11(13)14)8-15-10(12)6-4-2;1-2-3-7(4,5)6;/h4,6,9H,3,5,7-8H2,1-2H3,(H,13,14);1-3H2,(H,4,5,6);. The first kappa shape index (κ1) is 24.4. The molecule has 0 fully saturated rings. The molecular formula is C14H25LiO7S. The topological polar surface area (TPSA) is 118 Å². The summed E-state index contributed by atoms with van der Waals surface area (Å²) in [5.41, 5.74) is 0. The van der Waals surface area contributed by atoms with Crippen LogP contribution in [-0.2, 0) is 24.4 Å². The van der Waals surface area contributed by atoms with Crippen molar-refractivity contribution < 1.29 is 32.4 Å². The van der Waals surface area contributed by atoms with Crippen LogP contribution < -0.4 is 0 Å². The van der Waals surface area contributed by atoms with Gasteiger partial charge in [-0.05, 0) is 13.3 Å². The quantitative estimate of drug-likeness (QED) is 0.269. The molecule has 0 aromatic heterocycles. The zero-order valence-corrected chi connectivity index (χ0v) is 14.8. The third-order valence-corrected chi connectivity index (χ3v) is 3.55. The van der Waals surface area contributed by atoms with Gasteiger partial charge in [0.25, 0.3) is 0 Å². The minimum absolute atomic E-state index is 0.0431. The van der Waals surface area contributed by atoms with E-state index in [-0.39, 0.29) is 12.4 Å². The summed E-state index contributed by atoms with van der Waals surface area (Å²) in [7, 11) is -3.69. The Bertz CT molecular complexity index is 460. The molecule has 23 heavy (non-hydrogen) atoms. The molecule has 1 atom stereocenters. The van der Waals surface area contributed by atoms with Crippen LogP contribution in [0.1, 0.15) is 39.5 Å². The van der Waals surface area contributed by atoms with Gasteiger partial charge in [0.05, 0.1) is 5.92 Å². The predicted octanol–water partition coefficient (Wildman–Crippen LogP) is 1.85. The van der Waals surface area contributed by atoms with E-state index in [0.717, 1.165) is 17.9 Å². The fourth-order valence-corrected chi connectivity index (χ4v) is 2.08. The molecule has 1 unspecified atom stereocenters. The van der Waals surface area contributed by atoms with Crippen molar-refractivity contribution >= 4 is 39.8 Å². The summed E-state index contributed by atoms with van der Waals surface area (Å²) in [4.78, 5) is 21.7. The van der Waals surface area contributed by atoms with E-state index in [1.807, 2.05) is 24.6 Å². The first-order valence-electron chi connectivity index (χ1n) is 7.65. The first-order chi connectivity index (χ1) is 10.7. The van der Waals surface area contributed by atoms with Crippen molar-refractivity contribution in [2.24, 2.45) is 5.92 Å². The van der Waals surface area contributed by atoms with Crippen molar-refractivity contribution in [3.63, 3.8) is 0 Å². The van der Waals surface area contributed by atoms with Gasteiger partial charge in [0.1, 0.15) is 6.61 Å². The van der Waals surface area contributed by atoms with Gasteiger partial charge in [-0.1, -0.05) is 25.8 Å². The third-order valence-electron chi connectivity index (χ3n) is 2.74.